The van der Waals surface area contributed by atoms with Gasteiger partial charge in [-0.25, -0.2) is 9.69 Å². The largest absolute Gasteiger partial charge is 1.00 e. The number of nitrogens with two attached hydrogens (primary N) is 1. The minimum Gasteiger partial charge on any atom is -1.00 e. The molecule has 1 fully saturated rings. The third-order valence-electron chi connectivity index (χ3n) is 2.10. The topological polar surface area (TPSA) is 67.8 Å². The highest BCUT2D eigenvalue weighted by Gasteiger charge is 2.29. The zero-order chi connectivity index (χ0) is 9.84. The predicted molar refractivity (Wildman–Crippen MR) is 47.1 cm³/mol. The fourth-order valence-electron chi connectivity index (χ4n) is 1.34. The van der Waals surface area contributed by atoms with E-state index in [1.165, 1.54) is 0 Å². The van der Waals surface area contributed by atoms with Gasteiger partial charge in [-0.3, -0.25) is 4.79 Å². The van der Waals surface area contributed by atoms with E-state index in [0.29, 0.717) is 24.5 Å². The average Bonchev–Trinajstić information content (AvgIpc) is 2.08. The lowest BCUT2D eigenvalue weighted by Gasteiger charge is -2.28. The Morgan fingerprint density at radius 3 is 2.79 bits per heavy atom. The van der Waals surface area contributed by atoms with Gasteiger partial charge in [-0.2, -0.15) is 0 Å². The number of carbonyl (C=O) groups excluding carboxylic acids is 2. The van der Waals surface area contributed by atoms with E-state index in [-0.39, 0.29) is 24.9 Å². The summed E-state index contributed by atoms with van der Waals surface area (Å²) in [5.74, 6) is -0.0417. The van der Waals surface area contributed by atoms with E-state index in [1.54, 1.807) is 11.0 Å². The Bertz CT molecular complexity index is 245. The molecule has 1 atom stereocenters. The summed E-state index contributed by atoms with van der Waals surface area (Å²) in [6.45, 7) is 5.43. The highest BCUT2D eigenvalue weighted by molar-refractivity contribution is 5.79. The van der Waals surface area contributed by atoms with Crippen molar-refractivity contribution in [2.75, 3.05) is 26.2 Å². The standard InChI is InChI=1S/C8H13N3O2.ClH/c1-2-3-10-4-5-11(8(9)13)6-7(10)12;/h2H,1,3-6H2,(H2,9,13);1H. The van der Waals surface area contributed by atoms with Gasteiger partial charge < -0.3 is 23.0 Å². The van der Waals surface area contributed by atoms with Crippen LogP contribution in [0.5, 0.6) is 0 Å². The Morgan fingerprint density at radius 1 is 1.71 bits per heavy atom. The number of halogens is 1. The van der Waals surface area contributed by atoms with Gasteiger partial charge in [0.2, 0.25) is 0 Å². The van der Waals surface area contributed by atoms with Crippen LogP contribution >= 0.6 is 0 Å². The van der Waals surface area contributed by atoms with Crippen molar-refractivity contribution in [2.45, 2.75) is 0 Å². The Morgan fingerprint density at radius 2 is 2.36 bits per heavy atom. The second-order valence-electron chi connectivity index (χ2n) is 3.02. The number of primary amides is 1. The number of quaternary nitrogens is 1. The molecule has 1 saturated heterocycles. The highest BCUT2D eigenvalue weighted by atomic mass is 35.5. The SMILES string of the molecule is C=CCN1CC[NH+](C(N)=O)CC1=O.[Cl-]. The maximum Gasteiger partial charge on any atom is 0.412 e. The molecule has 0 aromatic rings. The summed E-state index contributed by atoms with van der Waals surface area (Å²) in [6, 6.07) is -0.452. The van der Waals surface area contributed by atoms with Gasteiger partial charge in [0, 0.05) is 6.54 Å². The summed E-state index contributed by atoms with van der Waals surface area (Å²) in [5, 5.41) is 0. The molecule has 5 nitrogen and oxygen atoms in total. The van der Waals surface area contributed by atoms with Crippen molar-refractivity contribution in [3.63, 3.8) is 0 Å². The van der Waals surface area contributed by atoms with Crippen molar-refractivity contribution in [1.82, 2.24) is 4.90 Å². The molecule has 0 aliphatic carbocycles. The molecule has 0 aromatic carbocycles. The molecule has 14 heavy (non-hydrogen) atoms. The van der Waals surface area contributed by atoms with Crippen LogP contribution in [0, 0.1) is 0 Å². The molecule has 3 amide bonds. The first-order valence-electron chi connectivity index (χ1n) is 4.18. The second-order valence-corrected chi connectivity index (χ2v) is 3.02. The van der Waals surface area contributed by atoms with Crippen molar-refractivity contribution < 1.29 is 26.9 Å². The predicted octanol–water partition coefficient (Wildman–Crippen LogP) is -5.02. The molecule has 0 bridgehead atoms. The van der Waals surface area contributed by atoms with Crippen LogP contribution in [0.15, 0.2) is 12.7 Å². The summed E-state index contributed by atoms with van der Waals surface area (Å²) >= 11 is 0. The van der Waals surface area contributed by atoms with Gasteiger partial charge in [0.15, 0.2) is 6.54 Å². The molecule has 0 spiro atoms. The Balaban J connectivity index is 0.00000169. The van der Waals surface area contributed by atoms with E-state index in [9.17, 15) is 9.59 Å². The van der Waals surface area contributed by atoms with Crippen LogP contribution in [0.4, 0.5) is 4.79 Å². The van der Waals surface area contributed by atoms with Crippen LogP contribution in [0.2, 0.25) is 0 Å². The molecule has 80 valence electrons. The van der Waals surface area contributed by atoms with Crippen molar-refractivity contribution in [1.29, 1.82) is 0 Å². The van der Waals surface area contributed by atoms with Crippen molar-refractivity contribution in [3.05, 3.63) is 12.7 Å². The maximum absolute atomic E-state index is 11.3. The Hall–Kier alpha value is -1.07. The molecule has 0 radical (unpaired) electrons. The van der Waals surface area contributed by atoms with Crippen molar-refractivity contribution in [3.8, 4) is 0 Å². The van der Waals surface area contributed by atoms with Crippen molar-refractivity contribution in [2.24, 2.45) is 5.73 Å². The van der Waals surface area contributed by atoms with Crippen LogP contribution < -0.4 is 23.0 Å². The van der Waals surface area contributed by atoms with Crippen molar-refractivity contribution >= 4 is 11.9 Å². The van der Waals surface area contributed by atoms with Gasteiger partial charge in [-0.05, 0) is 0 Å². The number of piperazine rings is 1. The number of nitrogens with zero attached hydrogens (tertiary/aromatic N) is 1. The van der Waals surface area contributed by atoms with Crippen LogP contribution in [0.1, 0.15) is 0 Å². The van der Waals surface area contributed by atoms with Gasteiger partial charge in [-0.1, -0.05) is 6.08 Å². The number of hydrogen-bond donors (Lipinski definition) is 2. The average molecular weight is 220 g/mol. The Labute approximate surface area is 88.9 Å². The van der Waals surface area contributed by atoms with Crippen LogP contribution in [-0.4, -0.2) is 43.0 Å². The van der Waals surface area contributed by atoms with E-state index in [0.717, 1.165) is 0 Å². The fraction of sp³-hybridized carbons (Fsp3) is 0.500. The summed E-state index contributed by atoms with van der Waals surface area (Å²) in [7, 11) is 0. The summed E-state index contributed by atoms with van der Waals surface area (Å²) in [5.41, 5.74) is 5.08. The third kappa shape index (κ3) is 3.01. The maximum atomic E-state index is 11.3. The molecule has 1 rings (SSSR count). The number of urea groups is 1. The third-order valence-corrected chi connectivity index (χ3v) is 2.10. The van der Waals surface area contributed by atoms with Crippen LogP contribution in [0.3, 0.4) is 0 Å². The lowest BCUT2D eigenvalue weighted by atomic mass is 10.3. The lowest BCUT2D eigenvalue weighted by Crippen LogP contribution is -3.18. The van der Waals surface area contributed by atoms with Gasteiger partial charge in [-0.15, -0.1) is 6.58 Å². The quantitative estimate of drug-likeness (QED) is 0.457. The molecular weight excluding hydrogens is 206 g/mol. The van der Waals surface area contributed by atoms with E-state index >= 15 is 0 Å². The first-order valence-corrected chi connectivity index (χ1v) is 4.18. The smallest absolute Gasteiger partial charge is 0.412 e. The van der Waals surface area contributed by atoms with Gasteiger partial charge in [0.05, 0.1) is 6.54 Å². The number of carbonyl (C=O) groups is 2. The highest BCUT2D eigenvalue weighted by Crippen LogP contribution is 1.90. The summed E-state index contributed by atoms with van der Waals surface area (Å²) in [4.78, 5) is 24.3. The minimum atomic E-state index is -0.452. The van der Waals surface area contributed by atoms with Crippen LogP contribution in [0.25, 0.3) is 0 Å². The summed E-state index contributed by atoms with van der Waals surface area (Å²) < 4.78 is 0. The molecule has 1 heterocycles. The van der Waals surface area contributed by atoms with Gasteiger partial charge in [0.25, 0.3) is 5.91 Å². The van der Waals surface area contributed by atoms with E-state index in [4.69, 9.17) is 5.73 Å². The normalized spacial score (nSPS) is 21.3. The zero-order valence-corrected chi connectivity index (χ0v) is 8.59. The monoisotopic (exact) mass is 219 g/mol. The zero-order valence-electron chi connectivity index (χ0n) is 7.83. The number of nitrogens with one attached hydrogen (secondary N) is 1. The molecule has 6 heteroatoms. The number of hydrogen-bond acceptors (Lipinski definition) is 2. The van der Waals surface area contributed by atoms with E-state index < -0.39 is 6.03 Å². The fourth-order valence-corrected chi connectivity index (χ4v) is 1.34. The minimum absolute atomic E-state index is 0. The molecular formula is C8H14ClN3O2. The second kappa shape index (κ2) is 5.62. The Kier molecular flexibility index (Phi) is 5.19. The number of amides is 3. The molecule has 1 unspecified atom stereocenters. The summed E-state index contributed by atoms with van der Waals surface area (Å²) in [6.07, 6.45) is 1.67. The first kappa shape index (κ1) is 12.9. The molecule has 0 saturated carbocycles. The molecule has 1 aliphatic rings. The van der Waals surface area contributed by atoms with E-state index in [2.05, 4.69) is 6.58 Å². The van der Waals surface area contributed by atoms with Crippen LogP contribution in [-0.2, 0) is 4.79 Å². The molecule has 3 N–H and O–H groups in total. The molecule has 0 aromatic heterocycles. The van der Waals surface area contributed by atoms with Gasteiger partial charge in [0.1, 0.15) is 6.54 Å². The lowest BCUT2D eigenvalue weighted by molar-refractivity contribution is -0.809. The van der Waals surface area contributed by atoms with E-state index in [1.807, 2.05) is 0 Å². The molecule has 1 aliphatic heterocycles. The number of rotatable bonds is 2. The van der Waals surface area contributed by atoms with Gasteiger partial charge >= 0.3 is 6.03 Å². The first-order chi connectivity index (χ1) is 6.15.